The maximum absolute atomic E-state index is 12.4. The van der Waals surface area contributed by atoms with Gasteiger partial charge in [0.2, 0.25) is 0 Å². The summed E-state index contributed by atoms with van der Waals surface area (Å²) in [6.45, 7) is 0.553. The topological polar surface area (TPSA) is 132 Å². The molecular weight excluding hydrogens is 532 g/mol. The quantitative estimate of drug-likeness (QED) is 0.248. The first-order chi connectivity index (χ1) is 19.2. The van der Waals surface area contributed by atoms with Gasteiger partial charge in [0.25, 0.3) is 5.91 Å². The first kappa shape index (κ1) is 28.3. The number of ether oxygens (including phenoxy) is 2. The fourth-order valence-corrected chi connectivity index (χ4v) is 4.44. The zero-order valence-electron chi connectivity index (χ0n) is 21.7. The highest BCUT2D eigenvalue weighted by Gasteiger charge is 2.20. The monoisotopic (exact) mass is 560 g/mol. The van der Waals surface area contributed by atoms with Crippen molar-refractivity contribution in [3.63, 3.8) is 0 Å². The van der Waals surface area contributed by atoms with Gasteiger partial charge in [0.05, 0.1) is 17.1 Å². The molecule has 10 heteroatoms. The van der Waals surface area contributed by atoms with Gasteiger partial charge in [-0.2, -0.15) is 0 Å². The second-order valence-corrected chi connectivity index (χ2v) is 10.9. The van der Waals surface area contributed by atoms with Crippen molar-refractivity contribution in [2.24, 2.45) is 0 Å². The number of hydrogen-bond donors (Lipinski definition) is 2. The van der Waals surface area contributed by atoms with Crippen molar-refractivity contribution in [2.75, 3.05) is 19.4 Å². The Morgan fingerprint density at radius 2 is 1.57 bits per heavy atom. The number of carbonyl (C=O) groups is 2. The first-order valence-electron chi connectivity index (χ1n) is 12.4. The van der Waals surface area contributed by atoms with Crippen molar-refractivity contribution in [3.05, 3.63) is 108 Å². The maximum atomic E-state index is 12.4. The lowest BCUT2D eigenvalue weighted by Crippen LogP contribution is -2.29. The molecule has 0 aliphatic rings. The number of aromatic nitrogens is 1. The van der Waals surface area contributed by atoms with Crippen LogP contribution >= 0.6 is 0 Å². The summed E-state index contributed by atoms with van der Waals surface area (Å²) in [5.41, 5.74) is 3.01. The number of hydrogen-bond acceptors (Lipinski definition) is 7. The Kier molecular flexibility index (Phi) is 9.13. The minimum Gasteiger partial charge on any atom is -0.492 e. The van der Waals surface area contributed by atoms with Crippen molar-refractivity contribution >= 4 is 21.7 Å². The number of pyridine rings is 1. The van der Waals surface area contributed by atoms with Gasteiger partial charge in [0.15, 0.2) is 15.9 Å². The zero-order valence-corrected chi connectivity index (χ0v) is 22.5. The number of rotatable bonds is 12. The molecule has 0 saturated carbocycles. The van der Waals surface area contributed by atoms with Crippen molar-refractivity contribution < 1.29 is 32.6 Å². The molecule has 1 unspecified atom stereocenters. The Hall–Kier alpha value is -4.70. The number of nitrogens with zero attached hydrogens (tertiary/aromatic N) is 1. The normalized spacial score (nSPS) is 11.8. The van der Waals surface area contributed by atoms with Crippen LogP contribution in [-0.4, -0.2) is 55.9 Å². The van der Waals surface area contributed by atoms with Crippen LogP contribution in [0.25, 0.3) is 11.3 Å². The summed E-state index contributed by atoms with van der Waals surface area (Å²) < 4.78 is 34.5. The van der Waals surface area contributed by atoms with E-state index in [1.54, 1.807) is 42.6 Å². The molecule has 0 saturated heterocycles. The van der Waals surface area contributed by atoms with Gasteiger partial charge in [-0.3, -0.25) is 9.78 Å². The lowest BCUT2D eigenvalue weighted by atomic mass is 10.1. The van der Waals surface area contributed by atoms with Gasteiger partial charge in [0, 0.05) is 30.0 Å². The van der Waals surface area contributed by atoms with E-state index >= 15 is 0 Å². The molecule has 206 valence electrons. The number of sulfone groups is 1. The molecule has 40 heavy (non-hydrogen) atoms. The number of carboxylic acids is 1. The number of benzene rings is 3. The summed E-state index contributed by atoms with van der Waals surface area (Å²) in [5, 5.41) is 12.4. The standard InChI is InChI=1S/C30H28N2O7S/c1-40(36,37)26-15-13-25(14-16-26)39-28(30(34)35)20-21-5-11-24(12-6-21)38-19-18-32-29(33)23-9-7-22(8-10-23)27-4-2-3-17-31-27/h2-17,28H,18-20H2,1H3,(H,32,33)(H,34,35). The highest BCUT2D eigenvalue weighted by molar-refractivity contribution is 7.90. The molecule has 4 aromatic rings. The molecule has 1 amide bonds. The molecule has 1 atom stereocenters. The Labute approximate surface area is 232 Å². The summed E-state index contributed by atoms with van der Waals surface area (Å²) in [5.74, 6) is -0.528. The summed E-state index contributed by atoms with van der Waals surface area (Å²) in [7, 11) is -3.36. The molecule has 9 nitrogen and oxygen atoms in total. The van der Waals surface area contributed by atoms with Crippen LogP contribution in [0.15, 0.2) is 102 Å². The van der Waals surface area contributed by atoms with Crippen LogP contribution in [0.2, 0.25) is 0 Å². The van der Waals surface area contributed by atoms with E-state index in [-0.39, 0.29) is 29.6 Å². The predicted octanol–water partition coefficient (Wildman–Crippen LogP) is 4.04. The molecule has 0 aliphatic heterocycles. The molecular formula is C30H28N2O7S. The van der Waals surface area contributed by atoms with Crippen molar-refractivity contribution in [3.8, 4) is 22.8 Å². The zero-order chi connectivity index (χ0) is 28.5. The minimum atomic E-state index is -3.36. The molecule has 1 aromatic heterocycles. The van der Waals surface area contributed by atoms with Gasteiger partial charge < -0.3 is 19.9 Å². The maximum Gasteiger partial charge on any atom is 0.345 e. The lowest BCUT2D eigenvalue weighted by molar-refractivity contribution is -0.145. The summed E-state index contributed by atoms with van der Waals surface area (Å²) in [6.07, 6.45) is 1.75. The third-order valence-corrected chi connectivity index (χ3v) is 7.04. The molecule has 3 aromatic carbocycles. The Bertz CT molecular complexity index is 1540. The van der Waals surface area contributed by atoms with E-state index in [4.69, 9.17) is 9.47 Å². The van der Waals surface area contributed by atoms with E-state index in [1.807, 2.05) is 30.3 Å². The van der Waals surface area contributed by atoms with E-state index in [9.17, 15) is 23.1 Å². The van der Waals surface area contributed by atoms with Crippen LogP contribution in [0, 0.1) is 0 Å². The Balaban J connectivity index is 1.23. The smallest absolute Gasteiger partial charge is 0.345 e. The van der Waals surface area contributed by atoms with Gasteiger partial charge in [-0.1, -0.05) is 30.3 Å². The van der Waals surface area contributed by atoms with Gasteiger partial charge in [-0.25, -0.2) is 13.2 Å². The average molecular weight is 561 g/mol. The van der Waals surface area contributed by atoms with Gasteiger partial charge in [0.1, 0.15) is 18.1 Å². The van der Waals surface area contributed by atoms with Gasteiger partial charge in [-0.15, -0.1) is 0 Å². The van der Waals surface area contributed by atoms with Crippen molar-refractivity contribution in [1.82, 2.24) is 10.3 Å². The highest BCUT2D eigenvalue weighted by Crippen LogP contribution is 2.20. The first-order valence-corrected chi connectivity index (χ1v) is 14.3. The summed E-state index contributed by atoms with van der Waals surface area (Å²) >= 11 is 0. The highest BCUT2D eigenvalue weighted by atomic mass is 32.2. The number of amides is 1. The molecule has 1 heterocycles. The number of aliphatic carboxylic acids is 1. The summed E-state index contributed by atoms with van der Waals surface area (Å²) in [6, 6.07) is 25.4. The van der Waals surface area contributed by atoms with Crippen LogP contribution in [0.5, 0.6) is 11.5 Å². The molecule has 0 bridgehead atoms. The van der Waals surface area contributed by atoms with Crippen LogP contribution in [-0.2, 0) is 21.1 Å². The molecule has 0 aliphatic carbocycles. The van der Waals surface area contributed by atoms with E-state index < -0.39 is 21.9 Å². The fourth-order valence-electron chi connectivity index (χ4n) is 3.81. The van der Waals surface area contributed by atoms with Crippen LogP contribution in [0.4, 0.5) is 0 Å². The number of nitrogens with one attached hydrogen (secondary N) is 1. The van der Waals surface area contributed by atoms with Crippen LogP contribution in [0.3, 0.4) is 0 Å². The second-order valence-electron chi connectivity index (χ2n) is 8.93. The Morgan fingerprint density at radius 3 is 2.17 bits per heavy atom. The molecule has 0 fully saturated rings. The molecule has 0 radical (unpaired) electrons. The minimum absolute atomic E-state index is 0.0959. The summed E-state index contributed by atoms with van der Waals surface area (Å²) in [4.78, 5) is 28.6. The van der Waals surface area contributed by atoms with Gasteiger partial charge in [-0.05, 0) is 66.2 Å². The van der Waals surface area contributed by atoms with E-state index in [1.165, 1.54) is 24.3 Å². The van der Waals surface area contributed by atoms with Crippen molar-refractivity contribution in [1.29, 1.82) is 0 Å². The van der Waals surface area contributed by atoms with E-state index in [0.29, 0.717) is 17.9 Å². The average Bonchev–Trinajstić information content (AvgIpc) is 2.96. The molecule has 2 N–H and O–H groups in total. The van der Waals surface area contributed by atoms with Crippen LogP contribution < -0.4 is 14.8 Å². The van der Waals surface area contributed by atoms with E-state index in [2.05, 4.69) is 10.3 Å². The van der Waals surface area contributed by atoms with E-state index in [0.717, 1.165) is 23.1 Å². The third-order valence-electron chi connectivity index (χ3n) is 5.91. The fraction of sp³-hybridized carbons (Fsp3) is 0.167. The van der Waals surface area contributed by atoms with Crippen molar-refractivity contribution in [2.45, 2.75) is 17.4 Å². The predicted molar refractivity (Wildman–Crippen MR) is 149 cm³/mol. The number of carbonyl (C=O) groups excluding carboxylic acids is 1. The SMILES string of the molecule is CS(=O)(=O)c1ccc(OC(Cc2ccc(OCCNC(=O)c3ccc(-c4ccccn4)cc3)cc2)C(=O)O)cc1. The lowest BCUT2D eigenvalue weighted by Gasteiger charge is -2.16. The van der Waals surface area contributed by atoms with Gasteiger partial charge >= 0.3 is 5.97 Å². The third kappa shape index (κ3) is 7.90. The largest absolute Gasteiger partial charge is 0.492 e. The molecule has 4 rings (SSSR count). The molecule has 0 spiro atoms. The number of carboxylic acid groups (broad SMARTS) is 1. The Morgan fingerprint density at radius 1 is 0.900 bits per heavy atom. The van der Waals surface area contributed by atoms with Crippen LogP contribution in [0.1, 0.15) is 15.9 Å². The second kappa shape index (κ2) is 12.9.